The number of fused-ring (bicyclic) bond motifs is 1. The maximum absolute atomic E-state index is 4.06. The molecule has 4 heteroatoms. The van der Waals surface area contributed by atoms with Gasteiger partial charge in [-0.2, -0.15) is 0 Å². The Morgan fingerprint density at radius 1 is 1.60 bits per heavy atom. The lowest BCUT2D eigenvalue weighted by molar-refractivity contribution is -0.646. The summed E-state index contributed by atoms with van der Waals surface area (Å²) in [4.78, 5) is 11.0. The second-order valence-electron chi connectivity index (χ2n) is 2.14. The van der Waals surface area contributed by atoms with Crippen LogP contribution in [0.3, 0.4) is 0 Å². The van der Waals surface area contributed by atoms with Crippen molar-refractivity contribution in [1.29, 1.82) is 0 Å². The van der Waals surface area contributed by atoms with Crippen molar-refractivity contribution < 1.29 is 4.57 Å². The van der Waals surface area contributed by atoms with Crippen LogP contribution in [0.1, 0.15) is 0 Å². The summed E-state index contributed by atoms with van der Waals surface area (Å²) in [6, 6.07) is 0. The summed E-state index contributed by atoms with van der Waals surface area (Å²) < 4.78 is 1.91. The molecule has 0 amide bonds. The number of imidazole rings is 1. The van der Waals surface area contributed by atoms with Crippen molar-refractivity contribution in [1.82, 2.24) is 15.0 Å². The first-order chi connectivity index (χ1) is 4.88. The van der Waals surface area contributed by atoms with Gasteiger partial charge >= 0.3 is 5.65 Å². The van der Waals surface area contributed by atoms with Crippen LogP contribution in [0.25, 0.3) is 11.2 Å². The van der Waals surface area contributed by atoms with Gasteiger partial charge in [0.25, 0.3) is 0 Å². The molecule has 0 aromatic carbocycles. The summed E-state index contributed by atoms with van der Waals surface area (Å²) in [5.41, 5.74) is 1.89. The standard InChI is InChI=1S/C6H6N4/c1-10-4-9-5-2-7-3-8-6(5)10/h2-4H,1H3/p+1. The molecule has 1 N–H and O–H groups in total. The molecule has 0 saturated heterocycles. The smallest absolute Gasteiger partial charge is 0.273 e. The van der Waals surface area contributed by atoms with Crippen LogP contribution < -0.4 is 4.57 Å². The molecule has 50 valence electrons. The molecule has 0 bridgehead atoms. The van der Waals surface area contributed by atoms with E-state index >= 15 is 0 Å². The van der Waals surface area contributed by atoms with Gasteiger partial charge in [-0.3, -0.25) is 4.98 Å². The molecular formula is C6H7N4+. The minimum absolute atomic E-state index is 0.926. The number of nitrogens with zero attached hydrogens (tertiary/aromatic N) is 3. The number of rotatable bonds is 0. The van der Waals surface area contributed by atoms with Gasteiger partial charge in [0, 0.05) is 0 Å². The molecule has 0 unspecified atom stereocenters. The highest BCUT2D eigenvalue weighted by molar-refractivity contribution is 5.63. The van der Waals surface area contributed by atoms with Crippen molar-refractivity contribution in [3.63, 3.8) is 0 Å². The number of aromatic nitrogens is 4. The third kappa shape index (κ3) is 0.586. The first-order valence-corrected chi connectivity index (χ1v) is 3.00. The van der Waals surface area contributed by atoms with Crippen LogP contribution in [-0.4, -0.2) is 15.0 Å². The first kappa shape index (κ1) is 5.34. The van der Waals surface area contributed by atoms with Gasteiger partial charge in [0.1, 0.15) is 0 Å². The normalized spacial score (nSPS) is 10.5. The molecule has 2 aromatic heterocycles. The highest BCUT2D eigenvalue weighted by Crippen LogP contribution is 1.97. The van der Waals surface area contributed by atoms with Gasteiger partial charge in [-0.15, -0.1) is 0 Å². The summed E-state index contributed by atoms with van der Waals surface area (Å²) in [5, 5.41) is 0. The maximum Gasteiger partial charge on any atom is 0.304 e. The van der Waals surface area contributed by atoms with Gasteiger partial charge in [0.15, 0.2) is 18.2 Å². The van der Waals surface area contributed by atoms with E-state index in [2.05, 4.69) is 15.0 Å². The summed E-state index contributed by atoms with van der Waals surface area (Å²) in [7, 11) is 1.94. The molecule has 0 radical (unpaired) electrons. The molecule has 0 atom stereocenters. The lowest BCUT2D eigenvalue weighted by Crippen LogP contribution is -2.25. The summed E-state index contributed by atoms with van der Waals surface area (Å²) >= 11 is 0. The SMILES string of the molecule is C[n+]1c[nH]c2cncnc21. The van der Waals surface area contributed by atoms with Gasteiger partial charge in [-0.25, -0.2) is 9.55 Å². The van der Waals surface area contributed by atoms with Gasteiger partial charge in [-0.05, 0) is 0 Å². The quantitative estimate of drug-likeness (QED) is 0.508. The van der Waals surface area contributed by atoms with E-state index in [1.165, 1.54) is 6.33 Å². The Bertz CT molecular complexity index is 351. The molecule has 10 heavy (non-hydrogen) atoms. The lowest BCUT2D eigenvalue weighted by atomic mass is 10.6. The largest absolute Gasteiger partial charge is 0.304 e. The van der Waals surface area contributed by atoms with E-state index < -0.39 is 0 Å². The van der Waals surface area contributed by atoms with Crippen LogP contribution >= 0.6 is 0 Å². The van der Waals surface area contributed by atoms with E-state index in [4.69, 9.17) is 0 Å². The van der Waals surface area contributed by atoms with Crippen LogP contribution in [0.5, 0.6) is 0 Å². The monoisotopic (exact) mass is 135 g/mol. The Hall–Kier alpha value is -1.45. The van der Waals surface area contributed by atoms with Crippen molar-refractivity contribution in [3.8, 4) is 0 Å². The fourth-order valence-corrected chi connectivity index (χ4v) is 0.934. The molecule has 0 aliphatic carbocycles. The molecule has 0 fully saturated rings. The highest BCUT2D eigenvalue weighted by atomic mass is 15.1. The molecule has 0 spiro atoms. The van der Waals surface area contributed by atoms with Crippen LogP contribution in [-0.2, 0) is 7.05 Å². The van der Waals surface area contributed by atoms with E-state index in [0.717, 1.165) is 11.2 Å². The van der Waals surface area contributed by atoms with Crippen molar-refractivity contribution >= 4 is 11.2 Å². The zero-order valence-electron chi connectivity index (χ0n) is 5.57. The van der Waals surface area contributed by atoms with Gasteiger partial charge < -0.3 is 0 Å². The Balaban J connectivity index is 2.93. The Kier molecular flexibility index (Phi) is 0.943. The molecule has 0 saturated carbocycles. The average molecular weight is 135 g/mol. The van der Waals surface area contributed by atoms with Crippen LogP contribution in [0.4, 0.5) is 0 Å². The fourth-order valence-electron chi connectivity index (χ4n) is 0.934. The van der Waals surface area contributed by atoms with Crippen molar-refractivity contribution in [2.45, 2.75) is 0 Å². The number of aromatic amines is 1. The molecule has 4 nitrogen and oxygen atoms in total. The predicted octanol–water partition coefficient (Wildman–Crippen LogP) is -0.218. The van der Waals surface area contributed by atoms with E-state index in [1.807, 2.05) is 17.9 Å². The van der Waals surface area contributed by atoms with E-state index in [1.54, 1.807) is 6.20 Å². The first-order valence-electron chi connectivity index (χ1n) is 3.00. The fraction of sp³-hybridized carbons (Fsp3) is 0.167. The number of hydrogen-bond acceptors (Lipinski definition) is 2. The third-order valence-corrected chi connectivity index (χ3v) is 1.44. The molecule has 0 aliphatic rings. The van der Waals surface area contributed by atoms with Crippen molar-refractivity contribution in [3.05, 3.63) is 18.9 Å². The zero-order valence-corrected chi connectivity index (χ0v) is 5.57. The second kappa shape index (κ2) is 1.76. The Morgan fingerprint density at radius 3 is 3.30 bits per heavy atom. The zero-order chi connectivity index (χ0) is 6.97. The van der Waals surface area contributed by atoms with Gasteiger partial charge in [0.2, 0.25) is 0 Å². The van der Waals surface area contributed by atoms with Crippen molar-refractivity contribution in [2.24, 2.45) is 7.05 Å². The predicted molar refractivity (Wildman–Crippen MR) is 35.1 cm³/mol. The third-order valence-electron chi connectivity index (χ3n) is 1.44. The topological polar surface area (TPSA) is 45.5 Å². The minimum Gasteiger partial charge on any atom is -0.273 e. The number of aryl methyl sites for hydroxylation is 1. The molecule has 2 rings (SSSR count). The van der Waals surface area contributed by atoms with Crippen molar-refractivity contribution in [2.75, 3.05) is 0 Å². The number of nitrogens with one attached hydrogen (secondary N) is 1. The molecule has 0 aliphatic heterocycles. The summed E-state index contributed by atoms with van der Waals surface area (Å²) in [6.07, 6.45) is 5.14. The van der Waals surface area contributed by atoms with E-state index in [9.17, 15) is 0 Å². The summed E-state index contributed by atoms with van der Waals surface area (Å²) in [5.74, 6) is 0. The van der Waals surface area contributed by atoms with Gasteiger partial charge in [0.05, 0.1) is 13.2 Å². The lowest BCUT2D eigenvalue weighted by Gasteiger charge is -1.79. The Labute approximate surface area is 57.6 Å². The van der Waals surface area contributed by atoms with E-state index in [-0.39, 0.29) is 0 Å². The van der Waals surface area contributed by atoms with E-state index in [0.29, 0.717) is 0 Å². The van der Waals surface area contributed by atoms with Crippen LogP contribution in [0.15, 0.2) is 18.9 Å². The number of hydrogen-bond donors (Lipinski definition) is 1. The Morgan fingerprint density at radius 2 is 2.50 bits per heavy atom. The molecule has 2 heterocycles. The average Bonchev–Trinajstić information content (AvgIpc) is 2.34. The maximum atomic E-state index is 4.06. The summed E-state index contributed by atoms with van der Waals surface area (Å²) in [6.45, 7) is 0. The van der Waals surface area contributed by atoms with Gasteiger partial charge in [-0.1, -0.05) is 4.98 Å². The molecule has 2 aromatic rings. The van der Waals surface area contributed by atoms with Crippen LogP contribution in [0, 0.1) is 0 Å². The highest BCUT2D eigenvalue weighted by Gasteiger charge is 2.04. The molecular weight excluding hydrogens is 128 g/mol. The van der Waals surface area contributed by atoms with Crippen LogP contribution in [0.2, 0.25) is 0 Å². The second-order valence-corrected chi connectivity index (χ2v) is 2.14. The minimum atomic E-state index is 0.926. The number of H-pyrrole nitrogens is 1.